The van der Waals surface area contributed by atoms with E-state index in [0.717, 1.165) is 17.1 Å². The Kier molecular flexibility index (Phi) is 5.23. The minimum atomic E-state index is -0.0333. The lowest BCUT2D eigenvalue weighted by atomic mass is 9.98. The highest BCUT2D eigenvalue weighted by Gasteiger charge is 2.15. The summed E-state index contributed by atoms with van der Waals surface area (Å²) in [5.41, 5.74) is 3.08. The van der Waals surface area contributed by atoms with Gasteiger partial charge in [0, 0.05) is 13.0 Å². The number of hydrogen-bond acceptors (Lipinski definition) is 4. The first-order valence-corrected chi connectivity index (χ1v) is 8.40. The van der Waals surface area contributed by atoms with Gasteiger partial charge in [-0.25, -0.2) is 4.98 Å². The normalized spacial score (nSPS) is 17.5. The Labute approximate surface area is 147 Å². The van der Waals surface area contributed by atoms with Gasteiger partial charge in [-0.3, -0.25) is 9.78 Å². The molecule has 1 aromatic carbocycles. The first-order valence-electron chi connectivity index (χ1n) is 8.40. The van der Waals surface area contributed by atoms with Gasteiger partial charge in [-0.15, -0.1) is 0 Å². The van der Waals surface area contributed by atoms with Crippen molar-refractivity contribution in [3.05, 3.63) is 72.2 Å². The maximum absolute atomic E-state index is 11.3. The zero-order valence-electron chi connectivity index (χ0n) is 14.4. The molecular formula is C20H22N4O. The van der Waals surface area contributed by atoms with E-state index >= 15 is 0 Å². The van der Waals surface area contributed by atoms with Crippen LogP contribution < -0.4 is 10.6 Å². The molecule has 25 heavy (non-hydrogen) atoms. The summed E-state index contributed by atoms with van der Waals surface area (Å²) in [4.78, 5) is 20.3. The fourth-order valence-electron chi connectivity index (χ4n) is 2.87. The topological polar surface area (TPSA) is 66.9 Å². The lowest BCUT2D eigenvalue weighted by Gasteiger charge is -2.20. The second kappa shape index (κ2) is 7.75. The average Bonchev–Trinajstić information content (AvgIpc) is 2.62. The Bertz CT molecular complexity index is 798. The number of allylic oxidation sites excluding steroid dienone is 2. The van der Waals surface area contributed by atoms with Crippen molar-refractivity contribution in [1.82, 2.24) is 15.3 Å². The van der Waals surface area contributed by atoms with Crippen molar-refractivity contribution in [1.29, 1.82) is 0 Å². The predicted octanol–water partition coefficient (Wildman–Crippen LogP) is 3.50. The molecule has 0 fully saturated rings. The second-order valence-electron chi connectivity index (χ2n) is 6.15. The fraction of sp³-hybridized carbons (Fsp3) is 0.250. The van der Waals surface area contributed by atoms with Crippen LogP contribution in [0, 0.1) is 0 Å². The number of nitrogens with zero attached hydrogens (tertiary/aromatic N) is 2. The largest absolute Gasteiger partial charge is 0.362 e. The average molecular weight is 334 g/mol. The van der Waals surface area contributed by atoms with E-state index < -0.39 is 0 Å². The summed E-state index contributed by atoms with van der Waals surface area (Å²) >= 11 is 0. The molecule has 0 aliphatic heterocycles. The van der Waals surface area contributed by atoms with E-state index in [-0.39, 0.29) is 18.0 Å². The van der Waals surface area contributed by atoms with Gasteiger partial charge in [-0.2, -0.15) is 0 Å². The van der Waals surface area contributed by atoms with E-state index in [1.807, 2.05) is 36.4 Å². The molecule has 3 rings (SSSR count). The second-order valence-corrected chi connectivity index (χ2v) is 6.15. The third kappa shape index (κ3) is 4.53. The van der Waals surface area contributed by atoms with Crippen molar-refractivity contribution in [3.8, 4) is 0 Å². The minimum Gasteiger partial charge on any atom is -0.362 e. The first kappa shape index (κ1) is 16.9. The molecule has 1 aromatic heterocycles. The number of amides is 1. The number of rotatable bonds is 5. The SMILES string of the molecule is CC(=O)NC1C=CC=C(c2cncc(N[C@@H](C)c3ccccc3)n2)C1. The Balaban J connectivity index is 1.72. The van der Waals surface area contributed by atoms with E-state index in [0.29, 0.717) is 6.42 Å². The van der Waals surface area contributed by atoms with Gasteiger partial charge < -0.3 is 10.6 Å². The minimum absolute atomic E-state index is 0.000780. The van der Waals surface area contributed by atoms with Gasteiger partial charge in [0.1, 0.15) is 5.82 Å². The fourth-order valence-corrected chi connectivity index (χ4v) is 2.87. The van der Waals surface area contributed by atoms with Crippen LogP contribution >= 0.6 is 0 Å². The summed E-state index contributed by atoms with van der Waals surface area (Å²) in [7, 11) is 0. The first-order chi connectivity index (χ1) is 12.1. The third-order valence-electron chi connectivity index (χ3n) is 4.10. The molecule has 2 aromatic rings. The molecule has 1 aliphatic carbocycles. The number of nitrogens with one attached hydrogen (secondary N) is 2. The summed E-state index contributed by atoms with van der Waals surface area (Å²) in [5.74, 6) is 0.703. The monoisotopic (exact) mass is 334 g/mol. The van der Waals surface area contributed by atoms with Crippen LogP contribution in [0.15, 0.2) is 61.0 Å². The molecule has 0 bridgehead atoms. The lowest BCUT2D eigenvalue weighted by molar-refractivity contribution is -0.119. The molecule has 2 atom stereocenters. The van der Waals surface area contributed by atoms with Crippen LogP contribution in [0.3, 0.4) is 0 Å². The van der Waals surface area contributed by atoms with Gasteiger partial charge in [0.05, 0.1) is 24.1 Å². The summed E-state index contributed by atoms with van der Waals surface area (Å²) in [6, 6.07) is 10.4. The van der Waals surface area contributed by atoms with Crippen LogP contribution in [0.4, 0.5) is 5.82 Å². The van der Waals surface area contributed by atoms with Crippen LogP contribution in [0.5, 0.6) is 0 Å². The molecule has 1 aliphatic rings. The predicted molar refractivity (Wildman–Crippen MR) is 99.9 cm³/mol. The Hall–Kier alpha value is -2.95. The maximum atomic E-state index is 11.3. The van der Waals surface area contributed by atoms with Crippen LogP contribution in [0.2, 0.25) is 0 Å². The zero-order chi connectivity index (χ0) is 17.6. The van der Waals surface area contributed by atoms with E-state index in [1.54, 1.807) is 12.4 Å². The smallest absolute Gasteiger partial charge is 0.217 e. The molecular weight excluding hydrogens is 312 g/mol. The number of aromatic nitrogens is 2. The molecule has 2 N–H and O–H groups in total. The quantitative estimate of drug-likeness (QED) is 0.878. The van der Waals surface area contributed by atoms with Gasteiger partial charge in [0.2, 0.25) is 5.91 Å². The van der Waals surface area contributed by atoms with E-state index in [1.165, 1.54) is 12.5 Å². The van der Waals surface area contributed by atoms with Crippen LogP contribution in [0.25, 0.3) is 5.57 Å². The van der Waals surface area contributed by atoms with Crippen LogP contribution in [-0.2, 0) is 4.79 Å². The summed E-state index contributed by atoms with van der Waals surface area (Å²) in [6.45, 7) is 3.63. The van der Waals surface area contributed by atoms with Crippen molar-refractivity contribution >= 4 is 17.3 Å². The van der Waals surface area contributed by atoms with Gasteiger partial charge in [0.15, 0.2) is 0 Å². The third-order valence-corrected chi connectivity index (χ3v) is 4.10. The number of carbonyl (C=O) groups is 1. The van der Waals surface area contributed by atoms with Gasteiger partial charge in [-0.05, 0) is 24.5 Å². The number of anilines is 1. The number of hydrogen-bond donors (Lipinski definition) is 2. The Morgan fingerprint density at radius 3 is 2.80 bits per heavy atom. The molecule has 128 valence electrons. The molecule has 0 saturated carbocycles. The molecule has 0 radical (unpaired) electrons. The van der Waals surface area contributed by atoms with Crippen molar-refractivity contribution in [2.75, 3.05) is 5.32 Å². The van der Waals surface area contributed by atoms with Gasteiger partial charge >= 0.3 is 0 Å². The van der Waals surface area contributed by atoms with Crippen molar-refractivity contribution in [2.45, 2.75) is 32.4 Å². The molecule has 1 unspecified atom stereocenters. The zero-order valence-corrected chi connectivity index (χ0v) is 14.4. The lowest BCUT2D eigenvalue weighted by Crippen LogP contribution is -2.32. The molecule has 5 heteroatoms. The standard InChI is InChI=1S/C20H22N4O/c1-14(16-7-4-3-5-8-16)22-20-13-21-12-19(24-20)17-9-6-10-18(11-17)23-15(2)25/h3-10,12-14,18H,11H2,1-2H3,(H,22,24)(H,23,25)/t14-,18?/m0/s1. The van der Waals surface area contributed by atoms with Crippen molar-refractivity contribution in [2.24, 2.45) is 0 Å². The van der Waals surface area contributed by atoms with E-state index in [9.17, 15) is 4.79 Å². The highest BCUT2D eigenvalue weighted by atomic mass is 16.1. The van der Waals surface area contributed by atoms with E-state index in [2.05, 4.69) is 39.7 Å². The van der Waals surface area contributed by atoms with Crippen molar-refractivity contribution in [3.63, 3.8) is 0 Å². The molecule has 1 amide bonds. The molecule has 0 spiro atoms. The molecule has 5 nitrogen and oxygen atoms in total. The van der Waals surface area contributed by atoms with Crippen LogP contribution in [0.1, 0.15) is 37.6 Å². The number of carbonyl (C=O) groups excluding carboxylic acids is 1. The summed E-state index contributed by atoms with van der Waals surface area (Å²) < 4.78 is 0. The summed E-state index contributed by atoms with van der Waals surface area (Å²) in [5, 5.41) is 6.31. The summed E-state index contributed by atoms with van der Waals surface area (Å²) in [6.07, 6.45) is 10.2. The Morgan fingerprint density at radius 1 is 1.24 bits per heavy atom. The highest BCUT2D eigenvalue weighted by molar-refractivity contribution is 5.75. The van der Waals surface area contributed by atoms with E-state index in [4.69, 9.17) is 0 Å². The Morgan fingerprint density at radius 2 is 2.04 bits per heavy atom. The molecule has 0 saturated heterocycles. The highest BCUT2D eigenvalue weighted by Crippen LogP contribution is 2.24. The van der Waals surface area contributed by atoms with Crippen LogP contribution in [-0.4, -0.2) is 21.9 Å². The maximum Gasteiger partial charge on any atom is 0.217 e. The van der Waals surface area contributed by atoms with Crippen molar-refractivity contribution < 1.29 is 4.79 Å². The van der Waals surface area contributed by atoms with Gasteiger partial charge in [-0.1, -0.05) is 48.6 Å². The molecule has 1 heterocycles. The van der Waals surface area contributed by atoms with Gasteiger partial charge in [0.25, 0.3) is 0 Å². The number of benzene rings is 1.